The van der Waals surface area contributed by atoms with Gasteiger partial charge in [0.1, 0.15) is 12.0 Å². The predicted molar refractivity (Wildman–Crippen MR) is 55.6 cm³/mol. The van der Waals surface area contributed by atoms with Crippen molar-refractivity contribution < 1.29 is 9.53 Å². The first kappa shape index (κ1) is 10.7. The molecule has 1 rings (SSSR count). The van der Waals surface area contributed by atoms with Gasteiger partial charge in [-0.25, -0.2) is 0 Å². The number of nitrogens with one attached hydrogen (secondary N) is 1. The maximum atomic E-state index is 10.6. The summed E-state index contributed by atoms with van der Waals surface area (Å²) in [7, 11) is 3.42. The van der Waals surface area contributed by atoms with Gasteiger partial charge in [0.15, 0.2) is 0 Å². The molecule has 0 aliphatic carbocycles. The van der Waals surface area contributed by atoms with E-state index in [4.69, 9.17) is 4.74 Å². The van der Waals surface area contributed by atoms with E-state index in [0.29, 0.717) is 6.42 Å². The van der Waals surface area contributed by atoms with Gasteiger partial charge in [0, 0.05) is 0 Å². The second-order valence-electron chi connectivity index (χ2n) is 3.08. The van der Waals surface area contributed by atoms with Gasteiger partial charge in [-0.15, -0.1) is 0 Å². The van der Waals surface area contributed by atoms with Crippen LogP contribution in [0.4, 0.5) is 0 Å². The Kier molecular flexibility index (Phi) is 4.13. The lowest BCUT2D eigenvalue weighted by molar-refractivity contribution is -0.109. The molecule has 0 unspecified atom stereocenters. The lowest BCUT2D eigenvalue weighted by Crippen LogP contribution is -2.28. The van der Waals surface area contributed by atoms with Crippen LogP contribution in [0.5, 0.6) is 5.75 Å². The molecule has 0 amide bonds. The Morgan fingerprint density at radius 1 is 1.43 bits per heavy atom. The Morgan fingerprint density at radius 2 is 2.07 bits per heavy atom. The number of hydrogen-bond donors (Lipinski definition) is 1. The fourth-order valence-corrected chi connectivity index (χ4v) is 1.23. The summed E-state index contributed by atoms with van der Waals surface area (Å²) in [5.74, 6) is 0.834. The van der Waals surface area contributed by atoms with E-state index in [1.165, 1.54) is 0 Å². The average Bonchev–Trinajstić information content (AvgIpc) is 2.26. The molecule has 1 N–H and O–H groups in total. The van der Waals surface area contributed by atoms with Gasteiger partial charge in [-0.05, 0) is 31.2 Å². The summed E-state index contributed by atoms with van der Waals surface area (Å²) in [6, 6.07) is 7.61. The van der Waals surface area contributed by atoms with Crippen LogP contribution in [0, 0.1) is 0 Å². The first-order valence-corrected chi connectivity index (χ1v) is 4.55. The summed E-state index contributed by atoms with van der Waals surface area (Å²) in [5, 5.41) is 2.93. The third kappa shape index (κ3) is 2.85. The quantitative estimate of drug-likeness (QED) is 0.710. The Labute approximate surface area is 84.1 Å². The number of carbonyl (C=O) groups is 1. The van der Waals surface area contributed by atoms with Crippen LogP contribution in [0.3, 0.4) is 0 Å². The molecular formula is C11H15NO2. The first-order valence-electron chi connectivity index (χ1n) is 4.55. The van der Waals surface area contributed by atoms with Crippen molar-refractivity contribution in [2.75, 3.05) is 14.2 Å². The SMILES string of the molecule is CN[C@@H](C=O)Cc1ccc(OC)cc1. The van der Waals surface area contributed by atoms with Gasteiger partial charge in [0.25, 0.3) is 0 Å². The van der Waals surface area contributed by atoms with Crippen LogP contribution in [0.1, 0.15) is 5.56 Å². The predicted octanol–water partition coefficient (Wildman–Crippen LogP) is 1.02. The minimum absolute atomic E-state index is 0.108. The molecule has 76 valence electrons. The van der Waals surface area contributed by atoms with Crippen molar-refractivity contribution in [3.05, 3.63) is 29.8 Å². The highest BCUT2D eigenvalue weighted by Gasteiger charge is 2.04. The van der Waals surface area contributed by atoms with Crippen molar-refractivity contribution in [2.45, 2.75) is 12.5 Å². The molecule has 0 aromatic heterocycles. The van der Waals surface area contributed by atoms with Gasteiger partial charge < -0.3 is 14.8 Å². The molecule has 0 aliphatic heterocycles. The van der Waals surface area contributed by atoms with Gasteiger partial charge in [0.05, 0.1) is 13.2 Å². The molecule has 0 fully saturated rings. The molecule has 0 saturated heterocycles. The Bertz CT molecular complexity index is 282. The van der Waals surface area contributed by atoms with E-state index in [1.807, 2.05) is 24.3 Å². The van der Waals surface area contributed by atoms with Crippen LogP contribution in [0.25, 0.3) is 0 Å². The van der Waals surface area contributed by atoms with E-state index >= 15 is 0 Å². The molecule has 1 atom stereocenters. The fraction of sp³-hybridized carbons (Fsp3) is 0.364. The van der Waals surface area contributed by atoms with Gasteiger partial charge >= 0.3 is 0 Å². The normalized spacial score (nSPS) is 12.1. The number of hydrogen-bond acceptors (Lipinski definition) is 3. The van der Waals surface area contributed by atoms with Crippen LogP contribution in [0.15, 0.2) is 24.3 Å². The maximum absolute atomic E-state index is 10.6. The van der Waals surface area contributed by atoms with Crippen LogP contribution >= 0.6 is 0 Å². The number of carbonyl (C=O) groups excluding carboxylic acids is 1. The van der Waals surface area contributed by atoms with Gasteiger partial charge in [-0.1, -0.05) is 12.1 Å². The number of ether oxygens (including phenoxy) is 1. The Hall–Kier alpha value is -1.35. The lowest BCUT2D eigenvalue weighted by Gasteiger charge is -2.08. The van der Waals surface area contributed by atoms with Crippen LogP contribution in [-0.2, 0) is 11.2 Å². The van der Waals surface area contributed by atoms with Crippen molar-refractivity contribution in [1.82, 2.24) is 5.32 Å². The molecule has 0 bridgehead atoms. The van der Waals surface area contributed by atoms with Crippen molar-refractivity contribution in [2.24, 2.45) is 0 Å². The zero-order valence-corrected chi connectivity index (χ0v) is 8.49. The van der Waals surface area contributed by atoms with Crippen LogP contribution < -0.4 is 10.1 Å². The van der Waals surface area contributed by atoms with Gasteiger partial charge in [-0.2, -0.15) is 0 Å². The Morgan fingerprint density at radius 3 is 2.50 bits per heavy atom. The average molecular weight is 193 g/mol. The van der Waals surface area contributed by atoms with Gasteiger partial charge in [-0.3, -0.25) is 0 Å². The topological polar surface area (TPSA) is 38.3 Å². The maximum Gasteiger partial charge on any atom is 0.137 e. The summed E-state index contributed by atoms with van der Waals surface area (Å²) < 4.78 is 5.04. The Balaban J connectivity index is 2.63. The van der Waals surface area contributed by atoms with Crippen LogP contribution in [-0.4, -0.2) is 26.5 Å². The standard InChI is InChI=1S/C11H15NO2/c1-12-10(8-13)7-9-3-5-11(14-2)6-4-9/h3-6,8,10,12H,7H2,1-2H3/t10-/m1/s1. The summed E-state index contributed by atoms with van der Waals surface area (Å²) >= 11 is 0. The van der Waals surface area contributed by atoms with Crippen molar-refractivity contribution in [1.29, 1.82) is 0 Å². The minimum atomic E-state index is -0.108. The molecule has 0 spiro atoms. The van der Waals surface area contributed by atoms with E-state index in [-0.39, 0.29) is 6.04 Å². The van der Waals surface area contributed by atoms with E-state index in [9.17, 15) is 4.79 Å². The van der Waals surface area contributed by atoms with E-state index < -0.39 is 0 Å². The smallest absolute Gasteiger partial charge is 0.137 e. The molecule has 0 saturated carbocycles. The van der Waals surface area contributed by atoms with E-state index in [0.717, 1.165) is 17.6 Å². The molecule has 1 aromatic carbocycles. The summed E-state index contributed by atoms with van der Waals surface area (Å²) in [6.45, 7) is 0. The lowest BCUT2D eigenvalue weighted by atomic mass is 10.1. The molecule has 0 radical (unpaired) electrons. The minimum Gasteiger partial charge on any atom is -0.497 e. The molecule has 14 heavy (non-hydrogen) atoms. The van der Waals surface area contributed by atoms with Crippen LogP contribution in [0.2, 0.25) is 0 Å². The molecule has 3 nitrogen and oxygen atoms in total. The largest absolute Gasteiger partial charge is 0.497 e. The zero-order chi connectivity index (χ0) is 10.4. The zero-order valence-electron chi connectivity index (χ0n) is 8.49. The number of rotatable bonds is 5. The van der Waals surface area contributed by atoms with Crippen molar-refractivity contribution in [3.63, 3.8) is 0 Å². The molecular weight excluding hydrogens is 178 g/mol. The molecule has 1 aromatic rings. The number of aldehydes is 1. The summed E-state index contributed by atoms with van der Waals surface area (Å²) in [5.41, 5.74) is 1.12. The second kappa shape index (κ2) is 5.40. The van der Waals surface area contributed by atoms with Crippen molar-refractivity contribution >= 4 is 6.29 Å². The monoisotopic (exact) mass is 193 g/mol. The van der Waals surface area contributed by atoms with Gasteiger partial charge in [0.2, 0.25) is 0 Å². The first-order chi connectivity index (χ1) is 6.80. The summed E-state index contributed by atoms with van der Waals surface area (Å²) in [6.07, 6.45) is 1.63. The highest BCUT2D eigenvalue weighted by Crippen LogP contribution is 2.12. The number of benzene rings is 1. The third-order valence-corrected chi connectivity index (χ3v) is 2.15. The molecule has 0 heterocycles. The van der Waals surface area contributed by atoms with E-state index in [2.05, 4.69) is 5.32 Å². The third-order valence-electron chi connectivity index (χ3n) is 2.15. The van der Waals surface area contributed by atoms with Crippen molar-refractivity contribution in [3.8, 4) is 5.75 Å². The second-order valence-corrected chi connectivity index (χ2v) is 3.08. The highest BCUT2D eigenvalue weighted by atomic mass is 16.5. The highest BCUT2D eigenvalue weighted by molar-refractivity contribution is 5.58. The van der Waals surface area contributed by atoms with E-state index in [1.54, 1.807) is 14.2 Å². The fourth-order valence-electron chi connectivity index (χ4n) is 1.23. The molecule has 0 aliphatic rings. The summed E-state index contributed by atoms with van der Waals surface area (Å²) in [4.78, 5) is 10.6. The number of methoxy groups -OCH3 is 1. The molecule has 3 heteroatoms. The number of likely N-dealkylation sites (N-methyl/N-ethyl adjacent to an activating group) is 1.